The monoisotopic (exact) mass is 450 g/mol. The quantitative estimate of drug-likeness (QED) is 0.233. The maximum Gasteiger partial charge on any atom is 0.135 e. The van der Waals surface area contributed by atoms with Crippen LogP contribution in [0.15, 0.2) is 72.8 Å². The van der Waals surface area contributed by atoms with E-state index in [-0.39, 0.29) is 0 Å². The number of hydrogen-bond donors (Lipinski definition) is 0. The second kappa shape index (κ2) is 9.26. The van der Waals surface area contributed by atoms with Crippen molar-refractivity contribution in [2.75, 3.05) is 19.8 Å². The molecule has 34 heavy (non-hydrogen) atoms. The summed E-state index contributed by atoms with van der Waals surface area (Å²) in [6.45, 7) is 10.0. The highest BCUT2D eigenvalue weighted by molar-refractivity contribution is 6.19. The van der Waals surface area contributed by atoms with E-state index in [9.17, 15) is 0 Å². The van der Waals surface area contributed by atoms with Crippen LogP contribution in [0.25, 0.3) is 43.4 Å². The van der Waals surface area contributed by atoms with Crippen LogP contribution in [0.3, 0.4) is 0 Å². The van der Waals surface area contributed by atoms with Gasteiger partial charge >= 0.3 is 0 Å². The van der Waals surface area contributed by atoms with Crippen molar-refractivity contribution >= 4 is 32.3 Å². The van der Waals surface area contributed by atoms with E-state index in [1.807, 2.05) is 26.8 Å². The fourth-order valence-electron chi connectivity index (χ4n) is 4.92. The van der Waals surface area contributed by atoms with Gasteiger partial charge in [0.05, 0.1) is 19.8 Å². The first-order valence-corrected chi connectivity index (χ1v) is 12.1. The minimum Gasteiger partial charge on any atom is -0.493 e. The van der Waals surface area contributed by atoms with Gasteiger partial charge in [-0.2, -0.15) is 0 Å². The highest BCUT2D eigenvalue weighted by Crippen LogP contribution is 2.49. The predicted octanol–water partition coefficient (Wildman–Crippen LogP) is 8.32. The van der Waals surface area contributed by atoms with Gasteiger partial charge in [0.1, 0.15) is 17.2 Å². The van der Waals surface area contributed by atoms with Crippen LogP contribution in [0.5, 0.6) is 17.2 Å². The lowest BCUT2D eigenvalue weighted by atomic mass is 9.88. The van der Waals surface area contributed by atoms with Gasteiger partial charge in [0.2, 0.25) is 0 Å². The zero-order valence-corrected chi connectivity index (χ0v) is 20.3. The van der Waals surface area contributed by atoms with Crippen LogP contribution in [0.1, 0.15) is 26.3 Å². The highest BCUT2D eigenvalue weighted by atomic mass is 16.5. The molecular weight excluding hydrogens is 420 g/mol. The topological polar surface area (TPSA) is 27.7 Å². The fraction of sp³-hybridized carbons (Fsp3) is 0.226. The Morgan fingerprint density at radius 2 is 1.09 bits per heavy atom. The predicted molar refractivity (Wildman–Crippen MR) is 143 cm³/mol. The molecule has 0 bridgehead atoms. The van der Waals surface area contributed by atoms with Gasteiger partial charge in [-0.25, -0.2) is 0 Å². The van der Waals surface area contributed by atoms with Crippen LogP contribution >= 0.6 is 0 Å². The molecule has 0 aliphatic rings. The Bertz CT molecular complexity index is 1500. The summed E-state index contributed by atoms with van der Waals surface area (Å²) in [6, 6.07) is 25.6. The van der Waals surface area contributed by atoms with Gasteiger partial charge in [-0.1, -0.05) is 66.2 Å². The van der Waals surface area contributed by atoms with E-state index >= 15 is 0 Å². The van der Waals surface area contributed by atoms with Gasteiger partial charge in [0.25, 0.3) is 0 Å². The Balaban J connectivity index is 2.00. The molecule has 0 fully saturated rings. The van der Waals surface area contributed by atoms with Gasteiger partial charge in [0, 0.05) is 32.7 Å². The van der Waals surface area contributed by atoms with E-state index in [4.69, 9.17) is 14.2 Å². The molecule has 0 radical (unpaired) electrons. The summed E-state index contributed by atoms with van der Waals surface area (Å²) in [5.41, 5.74) is 3.38. The molecule has 0 spiro atoms. The number of rotatable bonds is 7. The molecule has 0 N–H and O–H groups in total. The third-order valence-electron chi connectivity index (χ3n) is 6.23. The normalized spacial score (nSPS) is 11.3. The van der Waals surface area contributed by atoms with Crippen molar-refractivity contribution in [1.82, 2.24) is 0 Å². The van der Waals surface area contributed by atoms with Crippen molar-refractivity contribution in [2.24, 2.45) is 0 Å². The Labute approximate surface area is 200 Å². The van der Waals surface area contributed by atoms with Crippen LogP contribution in [-0.4, -0.2) is 19.8 Å². The molecule has 0 aliphatic heterocycles. The molecule has 0 heterocycles. The average molecular weight is 451 g/mol. The van der Waals surface area contributed by atoms with E-state index < -0.39 is 0 Å². The molecule has 172 valence electrons. The van der Waals surface area contributed by atoms with Crippen LogP contribution in [0.2, 0.25) is 0 Å². The molecule has 3 nitrogen and oxygen atoms in total. The van der Waals surface area contributed by atoms with E-state index in [2.05, 4.69) is 73.7 Å². The zero-order valence-electron chi connectivity index (χ0n) is 20.3. The van der Waals surface area contributed by atoms with Gasteiger partial charge in [-0.3, -0.25) is 0 Å². The minimum absolute atomic E-state index is 0.580. The fourth-order valence-corrected chi connectivity index (χ4v) is 4.92. The molecule has 0 unspecified atom stereocenters. The van der Waals surface area contributed by atoms with Crippen LogP contribution in [0, 0.1) is 6.92 Å². The summed E-state index contributed by atoms with van der Waals surface area (Å²) < 4.78 is 18.7. The van der Waals surface area contributed by atoms with E-state index in [0.717, 1.165) is 60.7 Å². The number of fused-ring (bicyclic) bond motifs is 3. The first kappa shape index (κ1) is 22.1. The Hall–Kier alpha value is -3.72. The molecule has 5 rings (SSSR count). The molecule has 0 amide bonds. The standard InChI is InChI=1S/C31H30O3/c1-5-32-28-19-27(31(34-7-3)24-14-10-8-12-21(24)28)29-22-13-9-11-15-25(22)30(33-6-2)26-18-20(4)16-17-23(26)29/h8-19H,5-7H2,1-4H3. The molecule has 5 aromatic rings. The maximum atomic E-state index is 6.35. The SMILES string of the molecule is CCOc1cc(-c2c3ccccc3c(OCC)c3cc(C)ccc23)c(OCC)c2ccccc12. The first-order valence-electron chi connectivity index (χ1n) is 12.1. The van der Waals surface area contributed by atoms with Crippen LogP contribution in [0.4, 0.5) is 0 Å². The summed E-state index contributed by atoms with van der Waals surface area (Å²) in [6.07, 6.45) is 0. The van der Waals surface area contributed by atoms with Crippen molar-refractivity contribution in [3.63, 3.8) is 0 Å². The summed E-state index contributed by atoms with van der Waals surface area (Å²) in [4.78, 5) is 0. The largest absolute Gasteiger partial charge is 0.493 e. The Kier molecular flexibility index (Phi) is 6.02. The number of hydrogen-bond acceptors (Lipinski definition) is 3. The molecule has 0 aliphatic carbocycles. The summed E-state index contributed by atoms with van der Waals surface area (Å²) in [5, 5.41) is 6.62. The smallest absolute Gasteiger partial charge is 0.135 e. The average Bonchev–Trinajstić information content (AvgIpc) is 2.86. The molecule has 0 aromatic heterocycles. The van der Waals surface area contributed by atoms with E-state index in [1.165, 1.54) is 5.56 Å². The molecule has 5 aromatic carbocycles. The van der Waals surface area contributed by atoms with E-state index in [1.54, 1.807) is 0 Å². The lowest BCUT2D eigenvalue weighted by Crippen LogP contribution is -2.01. The second-order valence-corrected chi connectivity index (χ2v) is 8.39. The molecule has 3 heteroatoms. The van der Waals surface area contributed by atoms with Crippen molar-refractivity contribution in [1.29, 1.82) is 0 Å². The zero-order chi connectivity index (χ0) is 23.7. The Morgan fingerprint density at radius 1 is 0.529 bits per heavy atom. The molecule has 0 saturated carbocycles. The van der Waals surface area contributed by atoms with Crippen LogP contribution in [-0.2, 0) is 0 Å². The van der Waals surface area contributed by atoms with Gasteiger partial charge in [-0.15, -0.1) is 0 Å². The van der Waals surface area contributed by atoms with Crippen molar-refractivity contribution in [3.8, 4) is 28.4 Å². The first-order chi connectivity index (χ1) is 16.7. The summed E-state index contributed by atoms with van der Waals surface area (Å²) in [5.74, 6) is 2.69. The lowest BCUT2D eigenvalue weighted by Gasteiger charge is -2.21. The Morgan fingerprint density at radius 3 is 1.76 bits per heavy atom. The summed E-state index contributed by atoms with van der Waals surface area (Å²) in [7, 11) is 0. The number of ether oxygens (including phenoxy) is 3. The van der Waals surface area contributed by atoms with Gasteiger partial charge in [-0.05, 0) is 50.6 Å². The second-order valence-electron chi connectivity index (χ2n) is 8.39. The summed E-state index contributed by atoms with van der Waals surface area (Å²) >= 11 is 0. The van der Waals surface area contributed by atoms with Gasteiger partial charge in [0.15, 0.2) is 0 Å². The van der Waals surface area contributed by atoms with E-state index in [0.29, 0.717) is 19.8 Å². The number of aryl methyl sites for hydroxylation is 1. The van der Waals surface area contributed by atoms with Crippen molar-refractivity contribution in [3.05, 3.63) is 78.4 Å². The number of benzene rings is 5. The molecular formula is C31H30O3. The molecule has 0 atom stereocenters. The molecule has 0 saturated heterocycles. The maximum absolute atomic E-state index is 6.35. The third-order valence-corrected chi connectivity index (χ3v) is 6.23. The van der Waals surface area contributed by atoms with Crippen molar-refractivity contribution in [2.45, 2.75) is 27.7 Å². The third kappa shape index (κ3) is 3.62. The highest BCUT2D eigenvalue weighted by Gasteiger charge is 2.22. The minimum atomic E-state index is 0.580. The lowest BCUT2D eigenvalue weighted by molar-refractivity contribution is 0.338. The van der Waals surface area contributed by atoms with Gasteiger partial charge < -0.3 is 14.2 Å². The van der Waals surface area contributed by atoms with Crippen molar-refractivity contribution < 1.29 is 14.2 Å². The van der Waals surface area contributed by atoms with Crippen LogP contribution < -0.4 is 14.2 Å².